The smallest absolute Gasteiger partial charge is 0.0300 e. The van der Waals surface area contributed by atoms with Crippen LogP contribution in [0, 0.1) is 6.92 Å². The van der Waals surface area contributed by atoms with Crippen molar-refractivity contribution < 1.29 is 0 Å². The first-order chi connectivity index (χ1) is 5.68. The van der Waals surface area contributed by atoms with Crippen molar-refractivity contribution >= 4 is 15.9 Å². The van der Waals surface area contributed by atoms with Crippen LogP contribution >= 0.6 is 15.9 Å². The van der Waals surface area contributed by atoms with Gasteiger partial charge in [0, 0.05) is 10.5 Å². The van der Waals surface area contributed by atoms with E-state index in [4.69, 9.17) is 5.73 Å². The fourth-order valence-corrected chi connectivity index (χ4v) is 2.16. The van der Waals surface area contributed by atoms with E-state index in [1.165, 1.54) is 21.2 Å². The van der Waals surface area contributed by atoms with Gasteiger partial charge in [-0.05, 0) is 42.5 Å². The Hall–Kier alpha value is -0.340. The second-order valence-electron chi connectivity index (χ2n) is 3.45. The topological polar surface area (TPSA) is 26.0 Å². The van der Waals surface area contributed by atoms with Crippen molar-refractivity contribution in [1.82, 2.24) is 0 Å². The van der Waals surface area contributed by atoms with Crippen LogP contribution in [0.4, 0.5) is 0 Å². The van der Waals surface area contributed by atoms with Gasteiger partial charge in [-0.1, -0.05) is 22.0 Å². The highest BCUT2D eigenvalue weighted by Gasteiger charge is 2.19. The van der Waals surface area contributed by atoms with Gasteiger partial charge in [-0.3, -0.25) is 0 Å². The summed E-state index contributed by atoms with van der Waals surface area (Å²) in [5.74, 6) is 0. The van der Waals surface area contributed by atoms with Crippen LogP contribution in [-0.2, 0) is 6.42 Å². The quantitative estimate of drug-likeness (QED) is 0.723. The fourth-order valence-electron chi connectivity index (χ4n) is 1.77. The summed E-state index contributed by atoms with van der Waals surface area (Å²) in [5, 5.41) is 0. The van der Waals surface area contributed by atoms with Crippen molar-refractivity contribution in [1.29, 1.82) is 0 Å². The molecule has 0 saturated carbocycles. The third-order valence-electron chi connectivity index (χ3n) is 2.54. The van der Waals surface area contributed by atoms with E-state index in [0.717, 1.165) is 12.8 Å². The van der Waals surface area contributed by atoms with Crippen molar-refractivity contribution in [3.8, 4) is 0 Å². The summed E-state index contributed by atoms with van der Waals surface area (Å²) in [6.45, 7) is 2.11. The van der Waals surface area contributed by atoms with Gasteiger partial charge in [0.2, 0.25) is 0 Å². The van der Waals surface area contributed by atoms with Crippen LogP contribution < -0.4 is 5.73 Å². The van der Waals surface area contributed by atoms with E-state index in [1.807, 2.05) is 0 Å². The van der Waals surface area contributed by atoms with Gasteiger partial charge >= 0.3 is 0 Å². The van der Waals surface area contributed by atoms with Crippen LogP contribution in [0.3, 0.4) is 0 Å². The second-order valence-corrected chi connectivity index (χ2v) is 4.30. The Balaban J connectivity index is 2.56. The van der Waals surface area contributed by atoms with Crippen LogP contribution in [0.2, 0.25) is 0 Å². The van der Waals surface area contributed by atoms with Crippen LogP contribution in [0.25, 0.3) is 0 Å². The molecule has 1 atom stereocenters. The largest absolute Gasteiger partial charge is 0.324 e. The van der Waals surface area contributed by atoms with Crippen LogP contribution in [0.1, 0.15) is 29.2 Å². The molecule has 1 aromatic carbocycles. The first-order valence-electron chi connectivity index (χ1n) is 4.23. The van der Waals surface area contributed by atoms with E-state index >= 15 is 0 Å². The van der Waals surface area contributed by atoms with Gasteiger partial charge in [0.25, 0.3) is 0 Å². The number of nitrogens with two attached hydrogens (primary N) is 1. The Morgan fingerprint density at radius 1 is 1.50 bits per heavy atom. The molecule has 0 aromatic heterocycles. The van der Waals surface area contributed by atoms with Crippen molar-refractivity contribution in [3.63, 3.8) is 0 Å². The predicted octanol–water partition coefficient (Wildman–Crippen LogP) is 2.70. The Morgan fingerprint density at radius 3 is 3.00 bits per heavy atom. The maximum atomic E-state index is 5.95. The molecule has 64 valence electrons. The molecule has 1 aromatic rings. The lowest BCUT2D eigenvalue weighted by Gasteiger charge is -2.06. The third-order valence-corrected chi connectivity index (χ3v) is 3.40. The zero-order valence-electron chi connectivity index (χ0n) is 7.10. The lowest BCUT2D eigenvalue weighted by atomic mass is 10.1. The molecule has 2 heteroatoms. The zero-order chi connectivity index (χ0) is 8.72. The number of benzene rings is 1. The fraction of sp³-hybridized carbons (Fsp3) is 0.400. The van der Waals surface area contributed by atoms with Crippen molar-refractivity contribution in [3.05, 3.63) is 33.3 Å². The molecule has 1 aliphatic rings. The highest BCUT2D eigenvalue weighted by molar-refractivity contribution is 9.10. The SMILES string of the molecule is Cc1cc2c(cc1Br)CCC2N. The van der Waals surface area contributed by atoms with Gasteiger partial charge in [-0.25, -0.2) is 0 Å². The van der Waals surface area contributed by atoms with Crippen molar-refractivity contribution in [2.75, 3.05) is 0 Å². The summed E-state index contributed by atoms with van der Waals surface area (Å²) in [7, 11) is 0. The minimum atomic E-state index is 0.270. The molecule has 0 spiro atoms. The molecule has 12 heavy (non-hydrogen) atoms. The van der Waals surface area contributed by atoms with E-state index in [1.54, 1.807) is 0 Å². The number of aryl methyl sites for hydroxylation is 2. The molecule has 0 heterocycles. The third kappa shape index (κ3) is 1.19. The molecule has 0 amide bonds. The van der Waals surface area contributed by atoms with E-state index in [0.29, 0.717) is 0 Å². The Morgan fingerprint density at radius 2 is 2.25 bits per heavy atom. The number of hydrogen-bond donors (Lipinski definition) is 1. The number of hydrogen-bond acceptors (Lipinski definition) is 1. The molecule has 2 rings (SSSR count). The molecule has 0 bridgehead atoms. The van der Waals surface area contributed by atoms with Crippen LogP contribution in [0.5, 0.6) is 0 Å². The van der Waals surface area contributed by atoms with Crippen LogP contribution in [0.15, 0.2) is 16.6 Å². The average Bonchev–Trinajstić information content (AvgIpc) is 2.35. The summed E-state index contributed by atoms with van der Waals surface area (Å²) in [4.78, 5) is 0. The molecule has 1 aliphatic carbocycles. The summed E-state index contributed by atoms with van der Waals surface area (Å²) < 4.78 is 1.20. The summed E-state index contributed by atoms with van der Waals surface area (Å²) in [5.41, 5.74) is 9.99. The highest BCUT2D eigenvalue weighted by Crippen LogP contribution is 2.32. The molecule has 0 fully saturated rings. The molecule has 0 radical (unpaired) electrons. The molecule has 2 N–H and O–H groups in total. The zero-order valence-corrected chi connectivity index (χ0v) is 8.69. The van der Waals surface area contributed by atoms with E-state index < -0.39 is 0 Å². The molecular formula is C10H12BrN. The van der Waals surface area contributed by atoms with Gasteiger partial charge in [-0.15, -0.1) is 0 Å². The summed E-state index contributed by atoms with van der Waals surface area (Å²) >= 11 is 3.53. The minimum Gasteiger partial charge on any atom is -0.324 e. The minimum absolute atomic E-state index is 0.270. The van der Waals surface area contributed by atoms with Crippen molar-refractivity contribution in [2.24, 2.45) is 5.73 Å². The van der Waals surface area contributed by atoms with Gasteiger partial charge in [0.15, 0.2) is 0 Å². The van der Waals surface area contributed by atoms with Crippen LogP contribution in [-0.4, -0.2) is 0 Å². The molecule has 0 saturated heterocycles. The average molecular weight is 226 g/mol. The normalized spacial score (nSPS) is 21.1. The number of rotatable bonds is 0. The predicted molar refractivity (Wildman–Crippen MR) is 54.1 cm³/mol. The van der Waals surface area contributed by atoms with Gasteiger partial charge in [0.05, 0.1) is 0 Å². The highest BCUT2D eigenvalue weighted by atomic mass is 79.9. The first-order valence-corrected chi connectivity index (χ1v) is 5.02. The number of halogens is 1. The lowest BCUT2D eigenvalue weighted by molar-refractivity contribution is 0.713. The lowest BCUT2D eigenvalue weighted by Crippen LogP contribution is -2.05. The molecule has 1 nitrogen and oxygen atoms in total. The van der Waals surface area contributed by atoms with E-state index in [9.17, 15) is 0 Å². The molecule has 1 unspecified atom stereocenters. The van der Waals surface area contributed by atoms with Gasteiger partial charge < -0.3 is 5.73 Å². The van der Waals surface area contributed by atoms with Crippen molar-refractivity contribution in [2.45, 2.75) is 25.8 Å². The molecule has 0 aliphatic heterocycles. The maximum absolute atomic E-state index is 5.95. The van der Waals surface area contributed by atoms with E-state index in [-0.39, 0.29) is 6.04 Å². The molecular weight excluding hydrogens is 214 g/mol. The first kappa shape index (κ1) is 8.27. The Kier molecular flexibility index (Phi) is 1.97. The maximum Gasteiger partial charge on any atom is 0.0300 e. The Labute approximate surface area is 81.1 Å². The monoisotopic (exact) mass is 225 g/mol. The van der Waals surface area contributed by atoms with Gasteiger partial charge in [-0.2, -0.15) is 0 Å². The summed E-state index contributed by atoms with van der Waals surface area (Å²) in [6.07, 6.45) is 2.24. The Bertz CT molecular complexity index is 320. The number of fused-ring (bicyclic) bond motifs is 1. The summed E-state index contributed by atoms with van der Waals surface area (Å²) in [6, 6.07) is 4.68. The standard InChI is InChI=1S/C10H12BrN/c1-6-4-8-7(5-9(6)11)2-3-10(8)12/h4-5,10H,2-3,12H2,1H3. The second kappa shape index (κ2) is 2.86. The van der Waals surface area contributed by atoms with Gasteiger partial charge in [0.1, 0.15) is 0 Å². The van der Waals surface area contributed by atoms with E-state index in [2.05, 4.69) is 35.0 Å².